The zero-order valence-corrected chi connectivity index (χ0v) is 13.2. The van der Waals surface area contributed by atoms with E-state index in [9.17, 15) is 8.42 Å². The predicted octanol–water partition coefficient (Wildman–Crippen LogP) is 3.69. The molecule has 0 aliphatic heterocycles. The lowest BCUT2D eigenvalue weighted by Crippen LogP contribution is -2.26. The number of hydrogen-bond acceptors (Lipinski definition) is 3. The van der Waals surface area contributed by atoms with Crippen molar-refractivity contribution >= 4 is 38.9 Å². The first-order chi connectivity index (χ1) is 9.84. The Morgan fingerprint density at radius 2 is 1.57 bits per heavy atom. The second-order valence-corrected chi connectivity index (χ2v) is 7.08. The van der Waals surface area contributed by atoms with Crippen molar-refractivity contribution in [3.63, 3.8) is 0 Å². The second-order valence-electron chi connectivity index (χ2n) is 4.24. The number of hydrogen-bond donors (Lipinski definition) is 0. The average molecular weight is 341 g/mol. The minimum atomic E-state index is -3.78. The first-order valence-electron chi connectivity index (χ1n) is 5.80. The van der Waals surface area contributed by atoms with Gasteiger partial charge in [-0.25, -0.2) is 8.42 Å². The highest BCUT2D eigenvalue weighted by molar-refractivity contribution is 7.92. The third kappa shape index (κ3) is 3.30. The first-order valence-corrected chi connectivity index (χ1v) is 7.99. The SMILES string of the molecule is CN(c1ccc(C#N)cc1)S(=O)(=O)c1cc(Cl)cc(Cl)c1. The van der Waals surface area contributed by atoms with E-state index in [1.165, 1.54) is 25.2 Å². The van der Waals surface area contributed by atoms with E-state index in [1.807, 2.05) is 6.07 Å². The van der Waals surface area contributed by atoms with Gasteiger partial charge in [-0.1, -0.05) is 23.2 Å². The normalized spacial score (nSPS) is 11.0. The molecule has 108 valence electrons. The molecule has 4 nitrogen and oxygen atoms in total. The maximum Gasteiger partial charge on any atom is 0.264 e. The minimum Gasteiger partial charge on any atom is -0.269 e. The van der Waals surface area contributed by atoms with Gasteiger partial charge in [-0.2, -0.15) is 5.26 Å². The molecule has 0 N–H and O–H groups in total. The molecule has 0 aromatic heterocycles. The van der Waals surface area contributed by atoms with Gasteiger partial charge in [0.2, 0.25) is 0 Å². The van der Waals surface area contributed by atoms with Crippen molar-refractivity contribution in [3.05, 3.63) is 58.1 Å². The van der Waals surface area contributed by atoms with Crippen molar-refractivity contribution in [3.8, 4) is 6.07 Å². The molecule has 0 aliphatic rings. The van der Waals surface area contributed by atoms with Crippen LogP contribution in [0, 0.1) is 11.3 Å². The summed E-state index contributed by atoms with van der Waals surface area (Å²) in [6.45, 7) is 0. The third-order valence-corrected chi connectivity index (χ3v) is 5.05. The molecule has 0 saturated carbocycles. The van der Waals surface area contributed by atoms with Gasteiger partial charge in [-0.3, -0.25) is 4.31 Å². The van der Waals surface area contributed by atoms with Crippen LogP contribution >= 0.6 is 23.2 Å². The van der Waals surface area contributed by atoms with E-state index < -0.39 is 10.0 Å². The molecule has 0 saturated heterocycles. The zero-order chi connectivity index (χ0) is 15.6. The summed E-state index contributed by atoms with van der Waals surface area (Å²) in [5, 5.41) is 9.24. The summed E-state index contributed by atoms with van der Waals surface area (Å²) in [7, 11) is -2.35. The van der Waals surface area contributed by atoms with Crippen LogP contribution in [0.2, 0.25) is 10.0 Å². The molecular formula is C14H10Cl2N2O2S. The van der Waals surface area contributed by atoms with Crippen LogP contribution in [-0.2, 0) is 10.0 Å². The van der Waals surface area contributed by atoms with Crippen molar-refractivity contribution in [2.24, 2.45) is 0 Å². The molecule has 0 bridgehead atoms. The van der Waals surface area contributed by atoms with Gasteiger partial charge in [0.15, 0.2) is 0 Å². The van der Waals surface area contributed by atoms with E-state index in [0.29, 0.717) is 11.3 Å². The molecule has 0 spiro atoms. The van der Waals surface area contributed by atoms with Gasteiger partial charge in [0, 0.05) is 17.1 Å². The van der Waals surface area contributed by atoms with Crippen LogP contribution in [0.1, 0.15) is 5.56 Å². The summed E-state index contributed by atoms with van der Waals surface area (Å²) >= 11 is 11.7. The molecule has 2 aromatic carbocycles. The average Bonchev–Trinajstić information content (AvgIpc) is 2.45. The summed E-state index contributed by atoms with van der Waals surface area (Å²) < 4.78 is 26.2. The zero-order valence-electron chi connectivity index (χ0n) is 10.9. The van der Waals surface area contributed by atoms with E-state index in [4.69, 9.17) is 28.5 Å². The van der Waals surface area contributed by atoms with Crippen LogP contribution in [-0.4, -0.2) is 15.5 Å². The molecule has 0 radical (unpaired) electrons. The Bertz CT molecular complexity index is 792. The fourth-order valence-corrected chi connectivity index (χ4v) is 3.64. The lowest BCUT2D eigenvalue weighted by Gasteiger charge is -2.19. The maximum atomic E-state index is 12.5. The standard InChI is InChI=1S/C14H10Cl2N2O2S/c1-18(13-4-2-10(9-17)3-5-13)21(19,20)14-7-11(15)6-12(16)8-14/h2-8H,1H3. The topological polar surface area (TPSA) is 61.2 Å². The minimum absolute atomic E-state index is 0.00635. The number of nitrogens with zero attached hydrogens (tertiary/aromatic N) is 2. The second kappa shape index (κ2) is 5.94. The molecular weight excluding hydrogens is 331 g/mol. The van der Waals surface area contributed by atoms with Crippen molar-refractivity contribution < 1.29 is 8.42 Å². The highest BCUT2D eigenvalue weighted by Gasteiger charge is 2.22. The Labute approximate surface area is 133 Å². The smallest absolute Gasteiger partial charge is 0.264 e. The van der Waals surface area contributed by atoms with Crippen molar-refractivity contribution in [1.82, 2.24) is 0 Å². The third-order valence-electron chi connectivity index (χ3n) is 2.85. The van der Waals surface area contributed by atoms with E-state index >= 15 is 0 Å². The van der Waals surface area contributed by atoms with Crippen LogP contribution in [0.25, 0.3) is 0 Å². The molecule has 0 fully saturated rings. The molecule has 0 amide bonds. The number of rotatable bonds is 3. The summed E-state index contributed by atoms with van der Waals surface area (Å²) in [5.74, 6) is 0. The van der Waals surface area contributed by atoms with Crippen molar-refractivity contribution in [2.45, 2.75) is 4.90 Å². The number of nitriles is 1. The maximum absolute atomic E-state index is 12.5. The van der Waals surface area contributed by atoms with Gasteiger partial charge in [-0.05, 0) is 42.5 Å². The van der Waals surface area contributed by atoms with Gasteiger partial charge in [0.25, 0.3) is 10.0 Å². The van der Waals surface area contributed by atoms with Crippen LogP contribution in [0.5, 0.6) is 0 Å². The Morgan fingerprint density at radius 3 is 2.05 bits per heavy atom. The molecule has 2 aromatic rings. The van der Waals surface area contributed by atoms with E-state index in [-0.39, 0.29) is 14.9 Å². The van der Waals surface area contributed by atoms with Crippen molar-refractivity contribution in [2.75, 3.05) is 11.4 Å². The van der Waals surface area contributed by atoms with Crippen LogP contribution in [0.15, 0.2) is 47.4 Å². The Hall–Kier alpha value is -1.74. The summed E-state index contributed by atoms with van der Waals surface area (Å²) in [6.07, 6.45) is 0. The quantitative estimate of drug-likeness (QED) is 0.855. The van der Waals surface area contributed by atoms with Crippen LogP contribution < -0.4 is 4.31 Å². The summed E-state index contributed by atoms with van der Waals surface area (Å²) in [5.41, 5.74) is 0.889. The van der Waals surface area contributed by atoms with Gasteiger partial charge < -0.3 is 0 Å². The molecule has 0 heterocycles. The highest BCUT2D eigenvalue weighted by atomic mass is 35.5. The van der Waals surface area contributed by atoms with Gasteiger partial charge in [-0.15, -0.1) is 0 Å². The highest BCUT2D eigenvalue weighted by Crippen LogP contribution is 2.27. The lowest BCUT2D eigenvalue weighted by molar-refractivity contribution is 0.594. The lowest BCUT2D eigenvalue weighted by atomic mass is 10.2. The molecule has 0 atom stereocenters. The van der Waals surface area contributed by atoms with E-state index in [0.717, 1.165) is 4.31 Å². The molecule has 2 rings (SSSR count). The number of anilines is 1. The fourth-order valence-electron chi connectivity index (χ4n) is 1.72. The number of benzene rings is 2. The number of sulfonamides is 1. The fraction of sp³-hybridized carbons (Fsp3) is 0.0714. The van der Waals surface area contributed by atoms with E-state index in [1.54, 1.807) is 24.3 Å². The summed E-state index contributed by atoms with van der Waals surface area (Å²) in [4.78, 5) is 0.00635. The molecule has 21 heavy (non-hydrogen) atoms. The van der Waals surface area contributed by atoms with Crippen LogP contribution in [0.3, 0.4) is 0 Å². The van der Waals surface area contributed by atoms with E-state index in [2.05, 4.69) is 0 Å². The van der Waals surface area contributed by atoms with Gasteiger partial charge in [0.1, 0.15) is 0 Å². The molecule has 0 unspecified atom stereocenters. The van der Waals surface area contributed by atoms with Gasteiger partial charge >= 0.3 is 0 Å². The largest absolute Gasteiger partial charge is 0.269 e. The monoisotopic (exact) mass is 340 g/mol. The summed E-state index contributed by atoms with van der Waals surface area (Å²) in [6, 6.07) is 12.3. The van der Waals surface area contributed by atoms with Crippen LogP contribution in [0.4, 0.5) is 5.69 Å². The van der Waals surface area contributed by atoms with Crippen molar-refractivity contribution in [1.29, 1.82) is 5.26 Å². The van der Waals surface area contributed by atoms with Gasteiger partial charge in [0.05, 0.1) is 22.2 Å². The Kier molecular flexibility index (Phi) is 4.43. The molecule has 0 aliphatic carbocycles. The first kappa shape index (κ1) is 15.6. The predicted molar refractivity (Wildman–Crippen MR) is 83.2 cm³/mol. The number of halogens is 2. The Balaban J connectivity index is 2.44. The molecule has 7 heteroatoms. The Morgan fingerprint density at radius 1 is 1.05 bits per heavy atom.